The molecule has 5 aromatic rings. The standard InChI is InChI=1S/C35H30F3NO9S2/c36-35(37,38)27-15-13-23(14-16-27)20-39-18-17-26(21-39)30-19-31(29-12-6-10-25-9-4-5-11-28(25)29)33(47-49(40,41)42)34(48-50(43,44)45)32(30)46-22-24-7-2-1-3-8-24/h1-19,21,30,32-34H,20,22H2,(H,40,41,42)(H,43,44,45)/t30-,32-,33-,34+/m1/s1. The number of rotatable bonds is 11. The van der Waals surface area contributed by atoms with Gasteiger partial charge >= 0.3 is 27.0 Å². The van der Waals surface area contributed by atoms with Crippen molar-refractivity contribution in [3.8, 4) is 0 Å². The highest BCUT2D eigenvalue weighted by Crippen LogP contribution is 2.43. The molecule has 0 aliphatic heterocycles. The molecule has 4 atom stereocenters. The van der Waals surface area contributed by atoms with E-state index in [9.17, 15) is 39.1 Å². The fourth-order valence-electron chi connectivity index (χ4n) is 6.16. The van der Waals surface area contributed by atoms with Gasteiger partial charge in [-0.05, 0) is 56.8 Å². The highest BCUT2D eigenvalue weighted by molar-refractivity contribution is 7.81. The van der Waals surface area contributed by atoms with Gasteiger partial charge in [-0.25, -0.2) is 8.37 Å². The van der Waals surface area contributed by atoms with Crippen LogP contribution in [0, 0.1) is 0 Å². The third-order valence-corrected chi connectivity index (χ3v) is 9.21. The Morgan fingerprint density at radius 1 is 0.720 bits per heavy atom. The summed E-state index contributed by atoms with van der Waals surface area (Å²) in [6.07, 6.45) is -4.53. The molecule has 0 fully saturated rings. The van der Waals surface area contributed by atoms with Gasteiger partial charge in [-0.3, -0.25) is 9.11 Å². The monoisotopic (exact) mass is 729 g/mol. The minimum Gasteiger partial charge on any atom is -0.370 e. The van der Waals surface area contributed by atoms with E-state index in [1.54, 1.807) is 89.8 Å². The van der Waals surface area contributed by atoms with E-state index < -0.39 is 56.8 Å². The molecule has 50 heavy (non-hydrogen) atoms. The molecule has 1 aliphatic rings. The summed E-state index contributed by atoms with van der Waals surface area (Å²) in [5.74, 6) is -0.880. The van der Waals surface area contributed by atoms with E-state index in [1.807, 2.05) is 12.1 Å². The number of ether oxygens (including phenoxy) is 1. The summed E-state index contributed by atoms with van der Waals surface area (Å²) in [7, 11) is -10.5. The van der Waals surface area contributed by atoms with Crippen LogP contribution in [0.1, 0.15) is 33.7 Å². The summed E-state index contributed by atoms with van der Waals surface area (Å²) in [5, 5.41) is 1.39. The van der Waals surface area contributed by atoms with Gasteiger partial charge in [-0.15, -0.1) is 0 Å². The lowest BCUT2D eigenvalue weighted by Crippen LogP contribution is -2.50. The summed E-state index contributed by atoms with van der Waals surface area (Å²) in [4.78, 5) is 0. The highest BCUT2D eigenvalue weighted by Gasteiger charge is 2.48. The third-order valence-electron chi connectivity index (χ3n) is 8.29. The SMILES string of the molecule is O=S(=O)(O)O[C@H]1[C@H](OCc2ccccc2)[C@@H](c2ccn(Cc3ccc(C(F)(F)F)cc3)c2)C=C(c2cccc3ccccc23)[C@H]1OS(=O)(=O)O. The summed E-state index contributed by atoms with van der Waals surface area (Å²) in [6.45, 7) is 0.0787. The first-order valence-electron chi connectivity index (χ1n) is 15.1. The molecule has 0 bridgehead atoms. The number of halogens is 3. The molecule has 15 heteroatoms. The quantitative estimate of drug-likeness (QED) is 0.140. The predicted molar refractivity (Wildman–Crippen MR) is 178 cm³/mol. The Bertz CT molecular complexity index is 2220. The predicted octanol–water partition coefficient (Wildman–Crippen LogP) is 6.85. The van der Waals surface area contributed by atoms with Gasteiger partial charge in [0.25, 0.3) is 0 Å². The van der Waals surface area contributed by atoms with Gasteiger partial charge in [0.2, 0.25) is 0 Å². The number of fused-ring (bicyclic) bond motifs is 1. The van der Waals surface area contributed by atoms with Crippen LogP contribution in [0.4, 0.5) is 13.2 Å². The first-order chi connectivity index (χ1) is 23.6. The molecule has 4 aromatic carbocycles. The second kappa shape index (κ2) is 14.1. The van der Waals surface area contributed by atoms with Crippen molar-refractivity contribution < 1.29 is 52.2 Å². The molecule has 0 spiro atoms. The third kappa shape index (κ3) is 8.50. The fraction of sp³-hybridized carbons (Fsp3) is 0.200. The van der Waals surface area contributed by atoms with E-state index in [-0.39, 0.29) is 18.7 Å². The molecule has 0 saturated heterocycles. The maximum atomic E-state index is 13.1. The molecular weight excluding hydrogens is 700 g/mol. The molecule has 0 unspecified atom stereocenters. The lowest BCUT2D eigenvalue weighted by atomic mass is 9.77. The summed E-state index contributed by atoms with van der Waals surface area (Å²) in [6, 6.07) is 27.5. The van der Waals surface area contributed by atoms with Crippen LogP contribution in [0.3, 0.4) is 0 Å². The minimum atomic E-state index is -5.28. The summed E-state index contributed by atoms with van der Waals surface area (Å²) < 4.78 is 127. The number of hydrogen-bond donors (Lipinski definition) is 2. The molecule has 0 radical (unpaired) electrons. The van der Waals surface area contributed by atoms with E-state index in [2.05, 4.69) is 0 Å². The van der Waals surface area contributed by atoms with Crippen LogP contribution in [0.5, 0.6) is 0 Å². The van der Waals surface area contributed by atoms with Crippen LogP contribution in [-0.2, 0) is 53.2 Å². The molecular formula is C35H30F3NO9S2. The largest absolute Gasteiger partial charge is 0.416 e. The van der Waals surface area contributed by atoms with Crippen LogP contribution in [0.25, 0.3) is 16.3 Å². The van der Waals surface area contributed by atoms with Gasteiger partial charge in [0, 0.05) is 24.9 Å². The lowest BCUT2D eigenvalue weighted by molar-refractivity contribution is -0.137. The number of benzene rings is 4. The normalized spacial score (nSPS) is 20.1. The molecule has 1 aromatic heterocycles. The van der Waals surface area contributed by atoms with Gasteiger partial charge in [0.05, 0.1) is 18.3 Å². The molecule has 1 heterocycles. The van der Waals surface area contributed by atoms with E-state index in [0.717, 1.165) is 17.5 Å². The molecule has 262 valence electrons. The van der Waals surface area contributed by atoms with Gasteiger partial charge < -0.3 is 9.30 Å². The van der Waals surface area contributed by atoms with Gasteiger partial charge in [0.1, 0.15) is 12.2 Å². The molecule has 10 nitrogen and oxygen atoms in total. The maximum absolute atomic E-state index is 13.1. The van der Waals surface area contributed by atoms with Crippen LogP contribution in [0.15, 0.2) is 122 Å². The van der Waals surface area contributed by atoms with Gasteiger partial charge in [-0.1, -0.05) is 91.0 Å². The van der Waals surface area contributed by atoms with Gasteiger partial charge in [0.15, 0.2) is 0 Å². The summed E-state index contributed by atoms with van der Waals surface area (Å²) >= 11 is 0. The van der Waals surface area contributed by atoms with Crippen molar-refractivity contribution in [3.05, 3.63) is 149 Å². The number of nitrogens with zero attached hydrogens (tertiary/aromatic N) is 1. The van der Waals surface area contributed by atoms with E-state index in [4.69, 9.17) is 13.1 Å². The van der Waals surface area contributed by atoms with E-state index in [1.165, 1.54) is 12.1 Å². The van der Waals surface area contributed by atoms with Crippen LogP contribution >= 0.6 is 0 Å². The zero-order valence-electron chi connectivity index (χ0n) is 25.9. The highest BCUT2D eigenvalue weighted by atomic mass is 32.3. The zero-order chi connectivity index (χ0) is 35.7. The van der Waals surface area contributed by atoms with Crippen molar-refractivity contribution in [1.29, 1.82) is 0 Å². The molecule has 1 aliphatic carbocycles. The Balaban J connectivity index is 1.49. The smallest absolute Gasteiger partial charge is 0.370 e. The topological polar surface area (TPSA) is 141 Å². The average molecular weight is 730 g/mol. The van der Waals surface area contributed by atoms with Crippen LogP contribution < -0.4 is 0 Å². The van der Waals surface area contributed by atoms with Crippen molar-refractivity contribution in [3.63, 3.8) is 0 Å². The second-order valence-corrected chi connectivity index (χ2v) is 13.8. The van der Waals surface area contributed by atoms with Crippen molar-refractivity contribution >= 4 is 37.1 Å². The number of alkyl halides is 3. The van der Waals surface area contributed by atoms with Gasteiger partial charge in [-0.2, -0.15) is 30.0 Å². The Morgan fingerprint density at radius 2 is 1.38 bits per heavy atom. The van der Waals surface area contributed by atoms with Crippen LogP contribution in [-0.4, -0.2) is 48.8 Å². The van der Waals surface area contributed by atoms with Crippen molar-refractivity contribution in [2.24, 2.45) is 0 Å². The Labute approximate surface area is 286 Å². The Hall–Kier alpha value is -4.35. The summed E-state index contributed by atoms with van der Waals surface area (Å²) in [5.41, 5.74) is 1.54. The molecule has 0 saturated carbocycles. The first-order valence-corrected chi connectivity index (χ1v) is 17.9. The molecule has 2 N–H and O–H groups in total. The van der Waals surface area contributed by atoms with Crippen molar-refractivity contribution in [2.45, 2.75) is 43.6 Å². The number of aromatic nitrogens is 1. The Morgan fingerprint density at radius 3 is 2.06 bits per heavy atom. The van der Waals surface area contributed by atoms with E-state index in [0.29, 0.717) is 27.6 Å². The first kappa shape index (κ1) is 35.5. The zero-order valence-corrected chi connectivity index (χ0v) is 27.6. The fourth-order valence-corrected chi connectivity index (χ4v) is 7.12. The molecule has 0 amide bonds. The lowest BCUT2D eigenvalue weighted by Gasteiger charge is -2.40. The Kier molecular flexibility index (Phi) is 10.0. The maximum Gasteiger partial charge on any atom is 0.416 e. The van der Waals surface area contributed by atoms with E-state index >= 15 is 0 Å². The van der Waals surface area contributed by atoms with Crippen molar-refractivity contribution in [2.75, 3.05) is 0 Å². The average Bonchev–Trinajstić information content (AvgIpc) is 3.52. The molecule has 6 rings (SSSR count). The number of hydrogen-bond acceptors (Lipinski definition) is 7. The van der Waals surface area contributed by atoms with Crippen molar-refractivity contribution in [1.82, 2.24) is 4.57 Å². The minimum absolute atomic E-state index is 0.102. The second-order valence-electron chi connectivity index (χ2n) is 11.7. The van der Waals surface area contributed by atoms with Crippen LogP contribution in [0.2, 0.25) is 0 Å².